The fourth-order valence-corrected chi connectivity index (χ4v) is 0.204. The smallest absolute Gasteiger partial charge is 1.00 e. The molecule has 0 spiro atoms. The van der Waals surface area contributed by atoms with Crippen molar-refractivity contribution in [2.24, 2.45) is 0 Å². The van der Waals surface area contributed by atoms with E-state index in [9.17, 15) is 0 Å². The monoisotopic (exact) mass is 180 g/mol. The first kappa shape index (κ1) is 17.7. The van der Waals surface area contributed by atoms with Gasteiger partial charge in [-0.15, -0.1) is 0 Å². The van der Waals surface area contributed by atoms with Crippen LogP contribution in [0.15, 0.2) is 0 Å². The molecule has 0 aromatic heterocycles. The van der Waals surface area contributed by atoms with E-state index in [2.05, 4.69) is 0 Å². The molecule has 0 saturated carbocycles. The SMILES string of the molecule is CCOCC.O=P(O)(O)O.[H-].[Li+]. The number of hydrogen-bond acceptors (Lipinski definition) is 2. The average molecular weight is 180 g/mol. The summed E-state index contributed by atoms with van der Waals surface area (Å²) < 4.78 is 13.7. The zero-order valence-electron chi connectivity index (χ0n) is 8.02. The normalized spacial score (nSPS) is 9.18. The van der Waals surface area contributed by atoms with Gasteiger partial charge < -0.3 is 20.8 Å². The van der Waals surface area contributed by atoms with E-state index in [1.54, 1.807) is 0 Å². The summed E-state index contributed by atoms with van der Waals surface area (Å²) in [5, 5.41) is 0. The standard InChI is InChI=1S/C4H10O.Li.H3O4P.H/c1-3-5-4-2;;1-5(2,3)4;/h3-4H2,1-2H3;;(H3,1,2,3,4);/q;+1;;-1. The van der Waals surface area contributed by atoms with Crippen LogP contribution >= 0.6 is 7.82 Å². The Morgan fingerprint density at radius 2 is 1.45 bits per heavy atom. The minimum absolute atomic E-state index is 0. The molecule has 0 aliphatic rings. The molecule has 11 heavy (non-hydrogen) atoms. The van der Waals surface area contributed by atoms with Gasteiger partial charge in [0.25, 0.3) is 0 Å². The van der Waals surface area contributed by atoms with Crippen LogP contribution in [0.25, 0.3) is 0 Å². The largest absolute Gasteiger partial charge is 1.00 e. The fourth-order valence-electron chi connectivity index (χ4n) is 0.204. The van der Waals surface area contributed by atoms with Crippen LogP contribution in [-0.2, 0) is 9.30 Å². The summed E-state index contributed by atoms with van der Waals surface area (Å²) in [6.07, 6.45) is 0. The molecule has 0 saturated heterocycles. The maximum atomic E-state index is 8.88. The fraction of sp³-hybridized carbons (Fsp3) is 1.00. The van der Waals surface area contributed by atoms with Crippen LogP contribution in [0.4, 0.5) is 0 Å². The molecule has 0 heterocycles. The summed E-state index contributed by atoms with van der Waals surface area (Å²) in [5.74, 6) is 0. The van der Waals surface area contributed by atoms with Gasteiger partial charge in [-0.2, -0.15) is 0 Å². The molecule has 0 bridgehead atoms. The third-order valence-electron chi connectivity index (χ3n) is 0.408. The Hall–Kier alpha value is 0.667. The minimum Gasteiger partial charge on any atom is -1.00 e. The van der Waals surface area contributed by atoms with E-state index < -0.39 is 7.82 Å². The summed E-state index contributed by atoms with van der Waals surface area (Å²) in [6, 6.07) is 0. The van der Waals surface area contributed by atoms with Gasteiger partial charge in [-0.3, -0.25) is 0 Å². The van der Waals surface area contributed by atoms with Crippen molar-refractivity contribution in [3.05, 3.63) is 0 Å². The average Bonchev–Trinajstić information content (AvgIpc) is 1.63. The van der Waals surface area contributed by atoms with Crippen molar-refractivity contribution in [3.8, 4) is 0 Å². The molecule has 0 aromatic carbocycles. The van der Waals surface area contributed by atoms with E-state index in [0.29, 0.717) is 0 Å². The van der Waals surface area contributed by atoms with E-state index in [1.165, 1.54) is 0 Å². The van der Waals surface area contributed by atoms with Gasteiger partial charge in [0.2, 0.25) is 0 Å². The molecule has 0 radical (unpaired) electrons. The Bertz CT molecular complexity index is 97.4. The molecule has 0 aliphatic heterocycles. The van der Waals surface area contributed by atoms with E-state index in [-0.39, 0.29) is 20.3 Å². The molecular weight excluding hydrogens is 166 g/mol. The molecular formula is C4H14LiO5P. The van der Waals surface area contributed by atoms with Crippen LogP contribution in [0.2, 0.25) is 0 Å². The van der Waals surface area contributed by atoms with Crippen LogP contribution in [0.1, 0.15) is 15.3 Å². The van der Waals surface area contributed by atoms with E-state index >= 15 is 0 Å². The second-order valence-electron chi connectivity index (χ2n) is 1.29. The van der Waals surface area contributed by atoms with Gasteiger partial charge in [-0.05, 0) is 13.8 Å². The molecule has 7 heteroatoms. The molecule has 0 aliphatic carbocycles. The predicted molar refractivity (Wildman–Crippen MR) is 37.5 cm³/mol. The van der Waals surface area contributed by atoms with Crippen molar-refractivity contribution in [2.45, 2.75) is 13.8 Å². The molecule has 5 nitrogen and oxygen atoms in total. The van der Waals surface area contributed by atoms with E-state index in [4.69, 9.17) is 24.0 Å². The van der Waals surface area contributed by atoms with Crippen molar-refractivity contribution in [1.29, 1.82) is 0 Å². The van der Waals surface area contributed by atoms with E-state index in [0.717, 1.165) is 13.2 Å². The van der Waals surface area contributed by atoms with Gasteiger partial charge in [0.1, 0.15) is 0 Å². The molecule has 3 N–H and O–H groups in total. The first-order valence-corrected chi connectivity index (χ1v) is 4.34. The molecule has 0 atom stereocenters. The topological polar surface area (TPSA) is 87.0 Å². The Balaban J connectivity index is -0.0000000457. The van der Waals surface area contributed by atoms with Crippen molar-refractivity contribution < 1.29 is 44.3 Å². The van der Waals surface area contributed by atoms with Crippen molar-refractivity contribution in [2.75, 3.05) is 13.2 Å². The molecule has 0 unspecified atom stereocenters. The number of ether oxygens (including phenoxy) is 1. The summed E-state index contributed by atoms with van der Waals surface area (Å²) >= 11 is 0. The number of hydrogen-bond donors (Lipinski definition) is 3. The van der Waals surface area contributed by atoms with Crippen LogP contribution in [-0.4, -0.2) is 27.9 Å². The predicted octanol–water partition coefficient (Wildman–Crippen LogP) is -2.77. The summed E-state index contributed by atoms with van der Waals surface area (Å²) in [5.41, 5.74) is 0. The maximum absolute atomic E-state index is 8.88. The van der Waals surface area contributed by atoms with Gasteiger partial charge in [0.15, 0.2) is 0 Å². The van der Waals surface area contributed by atoms with Gasteiger partial charge in [-0.25, -0.2) is 4.57 Å². The van der Waals surface area contributed by atoms with Crippen molar-refractivity contribution >= 4 is 7.82 Å². The van der Waals surface area contributed by atoms with Gasteiger partial charge in [0.05, 0.1) is 0 Å². The maximum Gasteiger partial charge on any atom is 1.00 e. The Labute approximate surface area is 79.7 Å². The number of phosphoric acid groups is 1. The molecule has 0 amide bonds. The summed E-state index contributed by atoms with van der Waals surface area (Å²) in [4.78, 5) is 21.6. The quantitative estimate of drug-likeness (QED) is 0.316. The zero-order chi connectivity index (χ0) is 8.62. The third-order valence-corrected chi connectivity index (χ3v) is 0.408. The Morgan fingerprint density at radius 3 is 1.45 bits per heavy atom. The Morgan fingerprint density at radius 1 is 1.27 bits per heavy atom. The van der Waals surface area contributed by atoms with Gasteiger partial charge >= 0.3 is 26.7 Å². The van der Waals surface area contributed by atoms with Crippen LogP contribution in [0, 0.1) is 0 Å². The first-order valence-electron chi connectivity index (χ1n) is 2.77. The van der Waals surface area contributed by atoms with Gasteiger partial charge in [0, 0.05) is 13.2 Å². The second kappa shape index (κ2) is 10.7. The molecule has 0 aromatic rings. The van der Waals surface area contributed by atoms with Crippen molar-refractivity contribution in [3.63, 3.8) is 0 Å². The second-order valence-corrected chi connectivity index (χ2v) is 2.32. The molecule has 66 valence electrons. The van der Waals surface area contributed by atoms with Crippen LogP contribution in [0.5, 0.6) is 0 Å². The van der Waals surface area contributed by atoms with E-state index in [1.807, 2.05) is 13.8 Å². The summed E-state index contributed by atoms with van der Waals surface area (Å²) in [6.45, 7) is 5.67. The van der Waals surface area contributed by atoms with Crippen molar-refractivity contribution in [1.82, 2.24) is 0 Å². The first-order chi connectivity index (χ1) is 4.41. The molecule has 0 rings (SSSR count). The zero-order valence-corrected chi connectivity index (χ0v) is 7.91. The van der Waals surface area contributed by atoms with Gasteiger partial charge in [-0.1, -0.05) is 0 Å². The minimum atomic E-state index is -4.64. The number of rotatable bonds is 2. The third kappa shape index (κ3) is 113. The van der Waals surface area contributed by atoms with Crippen LogP contribution in [0.3, 0.4) is 0 Å². The van der Waals surface area contributed by atoms with Crippen LogP contribution < -0.4 is 18.9 Å². The summed E-state index contributed by atoms with van der Waals surface area (Å²) in [7, 11) is -4.64. The molecule has 0 fully saturated rings. The Kier molecular flexibility index (Phi) is 17.1.